The maximum Gasteiger partial charge on any atom is 0.196 e. The number of halogens is 1. The van der Waals surface area contributed by atoms with Gasteiger partial charge < -0.3 is 14.0 Å². The third-order valence-electron chi connectivity index (χ3n) is 8.72. The first-order chi connectivity index (χ1) is 24.9. The van der Waals surface area contributed by atoms with Crippen molar-refractivity contribution in [3.63, 3.8) is 0 Å². The van der Waals surface area contributed by atoms with Crippen LogP contribution in [0.15, 0.2) is 145 Å². The summed E-state index contributed by atoms with van der Waals surface area (Å²) in [6.07, 6.45) is 0. The highest BCUT2D eigenvalue weighted by Crippen LogP contribution is 2.37. The minimum absolute atomic E-state index is 0.00210. The number of rotatable bonds is 12. The van der Waals surface area contributed by atoms with Crippen molar-refractivity contribution in [3.05, 3.63) is 173 Å². The lowest BCUT2D eigenvalue weighted by molar-refractivity contribution is 0.102. The van der Waals surface area contributed by atoms with Crippen molar-refractivity contribution in [1.82, 2.24) is 19.3 Å². The van der Waals surface area contributed by atoms with Crippen LogP contribution in [-0.4, -0.2) is 38.0 Å². The number of hydrogen-bond donors (Lipinski definition) is 0. The van der Waals surface area contributed by atoms with Gasteiger partial charge in [0, 0.05) is 22.0 Å². The minimum atomic E-state index is -0.0752. The summed E-state index contributed by atoms with van der Waals surface area (Å²) < 4.78 is 15.9. The number of aromatic nitrogens is 4. The van der Waals surface area contributed by atoms with Crippen LogP contribution in [0.4, 0.5) is 0 Å². The Hall–Kier alpha value is -5.57. The molecule has 0 fully saturated rings. The van der Waals surface area contributed by atoms with Gasteiger partial charge in [-0.15, -0.1) is 10.2 Å². The Morgan fingerprint density at radius 3 is 2.00 bits per heavy atom. The van der Waals surface area contributed by atoms with Crippen molar-refractivity contribution in [2.75, 3.05) is 12.9 Å². The molecule has 9 heteroatoms. The molecule has 0 aliphatic heterocycles. The summed E-state index contributed by atoms with van der Waals surface area (Å²) in [6, 6.07) is 45.4. The first-order valence-electron chi connectivity index (χ1n) is 16.5. The smallest absolute Gasteiger partial charge is 0.196 e. The monoisotopic (exact) mass is 710 g/mol. The number of nitrogens with zero attached hydrogens (tertiary/aromatic N) is 4. The van der Waals surface area contributed by atoms with Crippen molar-refractivity contribution >= 4 is 29.1 Å². The molecule has 7 aromatic rings. The number of hydrogen-bond acceptors (Lipinski definition) is 6. The number of thioether (sulfide) groups is 1. The second-order valence-corrected chi connectivity index (χ2v) is 13.4. The maximum absolute atomic E-state index is 14.0. The number of benzene rings is 5. The van der Waals surface area contributed by atoms with Gasteiger partial charge in [0.1, 0.15) is 17.2 Å². The van der Waals surface area contributed by atoms with Crippen LogP contribution in [0.3, 0.4) is 0 Å². The lowest BCUT2D eigenvalue weighted by Gasteiger charge is -2.24. The van der Waals surface area contributed by atoms with E-state index in [0.29, 0.717) is 38.6 Å². The number of carbonyl (C=O) groups excluding carboxylic acids is 1. The molecule has 254 valence electrons. The molecule has 0 atom stereocenters. The molecular weight excluding hydrogens is 676 g/mol. The summed E-state index contributed by atoms with van der Waals surface area (Å²) in [7, 11) is 1.61. The molecular formula is C42H35ClN4O3S. The number of Topliss-reactive ketones (excluding diaryl/α,β-unsaturated/α-hetero) is 1. The largest absolute Gasteiger partial charge is 0.496 e. The highest BCUT2D eigenvalue weighted by atomic mass is 35.5. The first-order valence-corrected chi connectivity index (χ1v) is 17.8. The van der Waals surface area contributed by atoms with Crippen LogP contribution < -0.4 is 9.47 Å². The third kappa shape index (κ3) is 7.20. The predicted octanol–water partition coefficient (Wildman–Crippen LogP) is 10.4. The SMILES string of the molecule is COc1ccc(Cl)cc1-c1nnc(SCC(=O)c2cc(C)n(C(c3ccccc3)c3ccccc3)c2C)n1-c1ccc(Oc2ccccc2)cc1. The van der Waals surface area contributed by atoms with Crippen molar-refractivity contribution in [2.45, 2.75) is 25.0 Å². The number of para-hydroxylation sites is 1. The molecule has 0 bridgehead atoms. The van der Waals surface area contributed by atoms with Gasteiger partial charge in [-0.05, 0) is 85.6 Å². The molecule has 0 radical (unpaired) electrons. The Kier molecular flexibility index (Phi) is 10.1. The molecule has 2 aromatic heterocycles. The summed E-state index contributed by atoms with van der Waals surface area (Å²) in [5, 5.41) is 10.2. The first kappa shape index (κ1) is 33.9. The Bertz CT molecular complexity index is 2230. The second-order valence-electron chi connectivity index (χ2n) is 12.0. The summed E-state index contributed by atoms with van der Waals surface area (Å²) in [5.41, 5.74) is 6.37. The van der Waals surface area contributed by atoms with E-state index in [0.717, 1.165) is 34.0 Å². The van der Waals surface area contributed by atoms with Gasteiger partial charge in [0.05, 0.1) is 30.2 Å². The zero-order valence-electron chi connectivity index (χ0n) is 28.4. The number of carbonyl (C=O) groups is 1. The van der Waals surface area contributed by atoms with Gasteiger partial charge >= 0.3 is 0 Å². The normalized spacial score (nSPS) is 11.2. The molecule has 0 spiro atoms. The second kappa shape index (κ2) is 15.1. The van der Waals surface area contributed by atoms with Gasteiger partial charge in [0.15, 0.2) is 16.8 Å². The lowest BCUT2D eigenvalue weighted by atomic mass is 9.98. The van der Waals surface area contributed by atoms with Crippen LogP contribution in [-0.2, 0) is 0 Å². The topological polar surface area (TPSA) is 71.2 Å². The van der Waals surface area contributed by atoms with E-state index in [-0.39, 0.29) is 17.6 Å². The molecule has 7 nitrogen and oxygen atoms in total. The maximum atomic E-state index is 14.0. The Morgan fingerprint density at radius 1 is 0.765 bits per heavy atom. The molecule has 0 aliphatic rings. The lowest BCUT2D eigenvalue weighted by Crippen LogP contribution is -2.16. The fourth-order valence-electron chi connectivity index (χ4n) is 6.34. The van der Waals surface area contributed by atoms with Crippen LogP contribution in [0.2, 0.25) is 5.02 Å². The van der Waals surface area contributed by atoms with Gasteiger partial charge in [-0.1, -0.05) is 102 Å². The average Bonchev–Trinajstić information content (AvgIpc) is 3.72. The summed E-state index contributed by atoms with van der Waals surface area (Å²) in [6.45, 7) is 4.08. The van der Waals surface area contributed by atoms with Crippen molar-refractivity contribution in [3.8, 4) is 34.3 Å². The highest BCUT2D eigenvalue weighted by molar-refractivity contribution is 7.99. The fraction of sp³-hybridized carbons (Fsp3) is 0.119. The molecule has 0 saturated heterocycles. The summed E-state index contributed by atoms with van der Waals surface area (Å²) in [4.78, 5) is 14.0. The number of ketones is 1. The molecule has 0 unspecified atom stereocenters. The van der Waals surface area contributed by atoms with E-state index in [2.05, 4.69) is 70.2 Å². The molecule has 0 aliphatic carbocycles. The molecule has 0 saturated carbocycles. The molecule has 7 rings (SSSR count). The zero-order chi connectivity index (χ0) is 35.3. The van der Waals surface area contributed by atoms with Crippen LogP contribution in [0.25, 0.3) is 17.1 Å². The van der Waals surface area contributed by atoms with Gasteiger partial charge in [-0.25, -0.2) is 0 Å². The van der Waals surface area contributed by atoms with Crippen LogP contribution in [0.5, 0.6) is 17.2 Å². The fourth-order valence-corrected chi connectivity index (χ4v) is 7.35. The van der Waals surface area contributed by atoms with Gasteiger partial charge in [-0.3, -0.25) is 9.36 Å². The number of methoxy groups -OCH3 is 1. The van der Waals surface area contributed by atoms with E-state index in [4.69, 9.17) is 21.1 Å². The average molecular weight is 711 g/mol. The molecule has 0 N–H and O–H groups in total. The van der Waals surface area contributed by atoms with Gasteiger partial charge in [0.25, 0.3) is 0 Å². The Labute approximate surface area is 306 Å². The minimum Gasteiger partial charge on any atom is -0.496 e. The molecule has 51 heavy (non-hydrogen) atoms. The summed E-state index contributed by atoms with van der Waals surface area (Å²) in [5.74, 6) is 2.72. The Balaban J connectivity index is 1.21. The van der Waals surface area contributed by atoms with Crippen LogP contribution in [0, 0.1) is 13.8 Å². The number of ether oxygens (including phenoxy) is 2. The van der Waals surface area contributed by atoms with Gasteiger partial charge in [0.2, 0.25) is 0 Å². The zero-order valence-corrected chi connectivity index (χ0v) is 29.9. The van der Waals surface area contributed by atoms with Gasteiger partial charge in [-0.2, -0.15) is 0 Å². The predicted molar refractivity (Wildman–Crippen MR) is 204 cm³/mol. The third-order valence-corrected chi connectivity index (χ3v) is 9.88. The van der Waals surface area contributed by atoms with Crippen LogP contribution >= 0.6 is 23.4 Å². The molecule has 0 amide bonds. The van der Waals surface area contributed by atoms with E-state index in [1.54, 1.807) is 25.3 Å². The number of aryl methyl sites for hydroxylation is 1. The van der Waals surface area contributed by atoms with E-state index >= 15 is 0 Å². The van der Waals surface area contributed by atoms with Crippen molar-refractivity contribution in [1.29, 1.82) is 0 Å². The van der Waals surface area contributed by atoms with Crippen LogP contribution in [0.1, 0.15) is 38.9 Å². The standard InChI is InChI=1S/C42H35ClN4O3S/c1-28-25-36(29(2)46(28)40(30-13-7-4-8-14-30)31-15-9-5-10-16-31)38(48)27-51-42-45-44-41(37-26-32(43)19-24-39(37)49-3)47(42)33-20-22-35(23-21-33)50-34-17-11-6-12-18-34/h4-26,40H,27H2,1-3H3. The summed E-state index contributed by atoms with van der Waals surface area (Å²) >= 11 is 7.78. The van der Waals surface area contributed by atoms with E-state index < -0.39 is 0 Å². The molecule has 2 heterocycles. The quantitative estimate of drug-likeness (QED) is 0.0929. The molecule has 5 aromatic carbocycles. The Morgan fingerprint density at radius 2 is 1.37 bits per heavy atom. The highest BCUT2D eigenvalue weighted by Gasteiger charge is 2.25. The van der Waals surface area contributed by atoms with E-state index in [1.807, 2.05) is 84.3 Å². The van der Waals surface area contributed by atoms with E-state index in [9.17, 15) is 4.79 Å². The van der Waals surface area contributed by atoms with E-state index in [1.165, 1.54) is 11.8 Å². The van der Waals surface area contributed by atoms with Crippen molar-refractivity contribution < 1.29 is 14.3 Å². The van der Waals surface area contributed by atoms with Crippen molar-refractivity contribution in [2.24, 2.45) is 0 Å².